The highest BCUT2D eigenvalue weighted by molar-refractivity contribution is 5.93. The van der Waals surface area contributed by atoms with E-state index in [1.807, 2.05) is 24.3 Å². The maximum atomic E-state index is 11.9. The van der Waals surface area contributed by atoms with Crippen LogP contribution in [-0.4, -0.2) is 22.0 Å². The number of hydroxylamine groups is 1. The lowest BCUT2D eigenvalue weighted by Crippen LogP contribution is -2.22. The highest BCUT2D eigenvalue weighted by Gasteiger charge is 2.04. The van der Waals surface area contributed by atoms with E-state index in [4.69, 9.17) is 5.21 Å². The van der Waals surface area contributed by atoms with Crippen LogP contribution in [0.2, 0.25) is 0 Å². The van der Waals surface area contributed by atoms with E-state index in [1.165, 1.54) is 17.8 Å². The second-order valence-electron chi connectivity index (χ2n) is 4.48. The van der Waals surface area contributed by atoms with Crippen LogP contribution in [0.3, 0.4) is 0 Å². The number of rotatable bonds is 5. The first-order chi connectivity index (χ1) is 10.7. The lowest BCUT2D eigenvalue weighted by atomic mass is 10.1. The second kappa shape index (κ2) is 7.70. The third kappa shape index (κ3) is 4.53. The van der Waals surface area contributed by atoms with Gasteiger partial charge in [-0.2, -0.15) is 0 Å². The summed E-state index contributed by atoms with van der Waals surface area (Å²) in [5.74, 6) is -0.774. The highest BCUT2D eigenvalue weighted by atomic mass is 16.5. The number of amides is 2. The fourth-order valence-electron chi connectivity index (χ4n) is 1.74. The molecule has 2 amide bonds. The monoisotopic (exact) mass is 297 g/mol. The molecular formula is C16H15N3O3. The normalized spacial score (nSPS) is 10.4. The summed E-state index contributed by atoms with van der Waals surface area (Å²) >= 11 is 0. The lowest BCUT2D eigenvalue weighted by Gasteiger charge is -2.05. The molecule has 0 unspecified atom stereocenters. The van der Waals surface area contributed by atoms with Gasteiger partial charge in [0, 0.05) is 25.0 Å². The van der Waals surface area contributed by atoms with Gasteiger partial charge in [-0.15, -0.1) is 0 Å². The van der Waals surface area contributed by atoms with Gasteiger partial charge < -0.3 is 5.32 Å². The summed E-state index contributed by atoms with van der Waals surface area (Å²) in [6.07, 6.45) is 5.91. The second-order valence-corrected chi connectivity index (χ2v) is 4.48. The smallest absolute Gasteiger partial charge is 0.267 e. The molecule has 3 N–H and O–H groups in total. The number of benzene rings is 1. The molecular weight excluding hydrogens is 282 g/mol. The van der Waals surface area contributed by atoms with E-state index in [0.717, 1.165) is 11.1 Å². The van der Waals surface area contributed by atoms with Gasteiger partial charge in [-0.25, -0.2) is 5.48 Å². The summed E-state index contributed by atoms with van der Waals surface area (Å²) in [5.41, 5.74) is 3.77. The Balaban J connectivity index is 1.90. The Bertz CT molecular complexity index is 667. The Morgan fingerprint density at radius 2 is 1.95 bits per heavy atom. The van der Waals surface area contributed by atoms with Gasteiger partial charge in [0.2, 0.25) is 0 Å². The molecule has 6 heteroatoms. The van der Waals surface area contributed by atoms with Crippen LogP contribution >= 0.6 is 0 Å². The Morgan fingerprint density at radius 3 is 2.59 bits per heavy atom. The minimum Gasteiger partial charge on any atom is -0.348 e. The quantitative estimate of drug-likeness (QED) is 0.443. The van der Waals surface area contributed by atoms with Crippen LogP contribution in [0.5, 0.6) is 0 Å². The van der Waals surface area contributed by atoms with Crippen molar-refractivity contribution in [2.75, 3.05) is 0 Å². The van der Waals surface area contributed by atoms with Gasteiger partial charge in [-0.1, -0.05) is 24.3 Å². The molecule has 0 saturated heterocycles. The molecule has 22 heavy (non-hydrogen) atoms. The van der Waals surface area contributed by atoms with Crippen molar-refractivity contribution in [3.63, 3.8) is 0 Å². The molecule has 0 saturated carbocycles. The largest absolute Gasteiger partial charge is 0.348 e. The summed E-state index contributed by atoms with van der Waals surface area (Å²) < 4.78 is 0. The van der Waals surface area contributed by atoms with Crippen LogP contribution in [0.1, 0.15) is 21.5 Å². The molecule has 6 nitrogen and oxygen atoms in total. The zero-order valence-corrected chi connectivity index (χ0v) is 11.7. The highest BCUT2D eigenvalue weighted by Crippen LogP contribution is 2.06. The van der Waals surface area contributed by atoms with Crippen LogP contribution in [0.4, 0.5) is 0 Å². The predicted molar refractivity (Wildman–Crippen MR) is 80.8 cm³/mol. The number of hydrogen-bond acceptors (Lipinski definition) is 4. The van der Waals surface area contributed by atoms with E-state index < -0.39 is 5.91 Å². The van der Waals surface area contributed by atoms with E-state index in [1.54, 1.807) is 24.4 Å². The first-order valence-corrected chi connectivity index (χ1v) is 6.58. The summed E-state index contributed by atoms with van der Waals surface area (Å²) in [4.78, 5) is 26.6. The van der Waals surface area contributed by atoms with Gasteiger partial charge in [-0.05, 0) is 29.3 Å². The molecule has 0 spiro atoms. The van der Waals surface area contributed by atoms with Gasteiger partial charge in [0.15, 0.2) is 0 Å². The molecule has 112 valence electrons. The predicted octanol–water partition coefficient (Wildman–Crippen LogP) is 1.53. The summed E-state index contributed by atoms with van der Waals surface area (Å²) in [6, 6.07) is 10.7. The van der Waals surface area contributed by atoms with E-state index in [0.29, 0.717) is 12.1 Å². The van der Waals surface area contributed by atoms with Crippen molar-refractivity contribution in [1.29, 1.82) is 0 Å². The Hall–Kier alpha value is -2.99. The van der Waals surface area contributed by atoms with Crippen LogP contribution < -0.4 is 10.8 Å². The molecule has 0 radical (unpaired) electrons. The average Bonchev–Trinajstić information content (AvgIpc) is 2.59. The van der Waals surface area contributed by atoms with Crippen molar-refractivity contribution in [2.24, 2.45) is 0 Å². The third-order valence-corrected chi connectivity index (χ3v) is 2.89. The van der Waals surface area contributed by atoms with Crippen LogP contribution in [0.15, 0.2) is 54.9 Å². The lowest BCUT2D eigenvalue weighted by molar-refractivity contribution is -0.124. The van der Waals surface area contributed by atoms with Gasteiger partial charge in [0.25, 0.3) is 11.8 Å². The minimum atomic E-state index is -0.590. The molecule has 0 fully saturated rings. The molecule has 0 aliphatic carbocycles. The molecule has 1 aromatic carbocycles. The number of aromatic nitrogens is 1. The molecule has 0 bridgehead atoms. The fraction of sp³-hybridized carbons (Fsp3) is 0.0625. The molecule has 1 aromatic heterocycles. The van der Waals surface area contributed by atoms with Crippen molar-refractivity contribution >= 4 is 17.9 Å². The Kier molecular flexibility index (Phi) is 5.39. The fourth-order valence-corrected chi connectivity index (χ4v) is 1.74. The van der Waals surface area contributed by atoms with Crippen molar-refractivity contribution < 1.29 is 14.8 Å². The Labute approximate surface area is 127 Å². The van der Waals surface area contributed by atoms with E-state index >= 15 is 0 Å². The van der Waals surface area contributed by atoms with Crippen LogP contribution in [0, 0.1) is 0 Å². The van der Waals surface area contributed by atoms with Crippen molar-refractivity contribution in [3.8, 4) is 0 Å². The zero-order chi connectivity index (χ0) is 15.8. The van der Waals surface area contributed by atoms with E-state index in [9.17, 15) is 9.59 Å². The summed E-state index contributed by atoms with van der Waals surface area (Å²) in [7, 11) is 0. The van der Waals surface area contributed by atoms with E-state index in [2.05, 4.69) is 10.3 Å². The molecule has 0 atom stereocenters. The maximum Gasteiger partial charge on any atom is 0.267 e. The van der Waals surface area contributed by atoms with Gasteiger partial charge in [0.05, 0.1) is 5.56 Å². The molecule has 0 aliphatic heterocycles. The first kappa shape index (κ1) is 15.4. The molecule has 0 aliphatic rings. The summed E-state index contributed by atoms with van der Waals surface area (Å²) in [5, 5.41) is 11.2. The first-order valence-electron chi connectivity index (χ1n) is 6.58. The Morgan fingerprint density at radius 1 is 1.18 bits per heavy atom. The van der Waals surface area contributed by atoms with Crippen LogP contribution in [-0.2, 0) is 11.3 Å². The zero-order valence-electron chi connectivity index (χ0n) is 11.7. The van der Waals surface area contributed by atoms with E-state index in [-0.39, 0.29) is 5.91 Å². The standard InChI is InChI=1S/C16H15N3O3/c20-15(19-22)8-7-12-3-5-13(6-4-12)10-18-16(21)14-2-1-9-17-11-14/h1-9,11,22H,10H2,(H,18,21)(H,19,20). The van der Waals surface area contributed by atoms with Gasteiger partial charge in [0.1, 0.15) is 0 Å². The number of hydrogen-bond donors (Lipinski definition) is 3. The number of carbonyl (C=O) groups excluding carboxylic acids is 2. The van der Waals surface area contributed by atoms with Crippen molar-refractivity contribution in [3.05, 3.63) is 71.6 Å². The van der Waals surface area contributed by atoms with Crippen LogP contribution in [0.25, 0.3) is 6.08 Å². The average molecular weight is 297 g/mol. The minimum absolute atomic E-state index is 0.184. The topological polar surface area (TPSA) is 91.3 Å². The number of nitrogens with one attached hydrogen (secondary N) is 2. The number of nitrogens with zero attached hydrogens (tertiary/aromatic N) is 1. The molecule has 2 rings (SSSR count). The van der Waals surface area contributed by atoms with Gasteiger partial charge >= 0.3 is 0 Å². The third-order valence-electron chi connectivity index (χ3n) is 2.89. The van der Waals surface area contributed by atoms with Crippen molar-refractivity contribution in [2.45, 2.75) is 6.54 Å². The van der Waals surface area contributed by atoms with Gasteiger partial charge in [-0.3, -0.25) is 19.8 Å². The summed E-state index contributed by atoms with van der Waals surface area (Å²) in [6.45, 7) is 0.398. The SMILES string of the molecule is O=C(C=Cc1ccc(CNC(=O)c2cccnc2)cc1)NO. The number of pyridine rings is 1. The number of carbonyl (C=O) groups is 2. The maximum absolute atomic E-state index is 11.9. The molecule has 1 heterocycles. The van der Waals surface area contributed by atoms with Crippen molar-refractivity contribution in [1.82, 2.24) is 15.8 Å². The molecule has 2 aromatic rings.